The minimum Gasteiger partial charge on any atom is -0.373 e. The van der Waals surface area contributed by atoms with Gasteiger partial charge in [0, 0.05) is 26.7 Å². The number of benzene rings is 1. The lowest BCUT2D eigenvalue weighted by Gasteiger charge is -2.19. The molecule has 0 unspecified atom stereocenters. The van der Waals surface area contributed by atoms with Crippen LogP contribution in [-0.2, 0) is 6.54 Å². The molecule has 0 spiro atoms. The predicted octanol–water partition coefficient (Wildman–Crippen LogP) is 3.02. The van der Waals surface area contributed by atoms with E-state index in [1.807, 2.05) is 31.3 Å². The van der Waals surface area contributed by atoms with E-state index in [2.05, 4.69) is 15.3 Å². The molecule has 0 aliphatic carbocycles. The van der Waals surface area contributed by atoms with Crippen molar-refractivity contribution in [1.82, 2.24) is 9.97 Å². The van der Waals surface area contributed by atoms with Crippen molar-refractivity contribution in [2.45, 2.75) is 11.7 Å². The van der Waals surface area contributed by atoms with Gasteiger partial charge >= 0.3 is 0 Å². The average molecular weight is 292 g/mol. The van der Waals surface area contributed by atoms with Gasteiger partial charge in [-0.25, -0.2) is 14.4 Å². The lowest BCUT2D eigenvalue weighted by molar-refractivity contribution is 0.627. The number of hydrogen-bond acceptors (Lipinski definition) is 5. The molecule has 0 aliphatic rings. The summed E-state index contributed by atoms with van der Waals surface area (Å²) in [5, 5.41) is 3.75. The Labute approximate surface area is 122 Å². The van der Waals surface area contributed by atoms with Crippen LogP contribution in [0.2, 0.25) is 0 Å². The standard InChI is InChI=1S/C14H17FN4S/c1-16-12-8-13(18-14(17-12)20-3)19(2)9-10-4-6-11(15)7-5-10/h4-8H,9H2,1-3H3,(H,16,17,18). The second-order valence-electron chi connectivity index (χ2n) is 4.33. The maximum absolute atomic E-state index is 12.9. The third-order valence-electron chi connectivity index (χ3n) is 2.85. The molecule has 0 radical (unpaired) electrons. The molecule has 20 heavy (non-hydrogen) atoms. The van der Waals surface area contributed by atoms with Crippen molar-refractivity contribution in [2.75, 3.05) is 30.6 Å². The van der Waals surface area contributed by atoms with Gasteiger partial charge in [-0.2, -0.15) is 0 Å². The molecule has 4 nitrogen and oxygen atoms in total. The molecule has 2 rings (SSSR count). The molecule has 6 heteroatoms. The molecule has 0 amide bonds. The van der Waals surface area contributed by atoms with Gasteiger partial charge in [0.2, 0.25) is 0 Å². The van der Waals surface area contributed by atoms with Crippen LogP contribution in [0.3, 0.4) is 0 Å². The minimum atomic E-state index is -0.222. The van der Waals surface area contributed by atoms with Crippen LogP contribution in [0.4, 0.5) is 16.0 Å². The number of hydrogen-bond donors (Lipinski definition) is 1. The molecule has 1 aromatic heterocycles. The van der Waals surface area contributed by atoms with Crippen molar-refractivity contribution in [3.8, 4) is 0 Å². The molecule has 1 N–H and O–H groups in total. The second-order valence-corrected chi connectivity index (χ2v) is 5.10. The smallest absolute Gasteiger partial charge is 0.191 e. The lowest BCUT2D eigenvalue weighted by atomic mass is 10.2. The number of thioether (sulfide) groups is 1. The number of halogens is 1. The highest BCUT2D eigenvalue weighted by Gasteiger charge is 2.08. The van der Waals surface area contributed by atoms with E-state index < -0.39 is 0 Å². The van der Waals surface area contributed by atoms with Crippen molar-refractivity contribution >= 4 is 23.4 Å². The summed E-state index contributed by atoms with van der Waals surface area (Å²) >= 11 is 1.50. The molecule has 0 saturated heterocycles. The van der Waals surface area contributed by atoms with E-state index in [4.69, 9.17) is 0 Å². The SMILES string of the molecule is CNc1cc(N(C)Cc2ccc(F)cc2)nc(SC)n1. The van der Waals surface area contributed by atoms with Crippen molar-refractivity contribution < 1.29 is 4.39 Å². The summed E-state index contributed by atoms with van der Waals surface area (Å²) in [7, 11) is 3.78. The van der Waals surface area contributed by atoms with Crippen LogP contribution in [0.5, 0.6) is 0 Å². The first kappa shape index (κ1) is 14.6. The van der Waals surface area contributed by atoms with Crippen molar-refractivity contribution in [1.29, 1.82) is 0 Å². The summed E-state index contributed by atoms with van der Waals surface area (Å²) < 4.78 is 12.9. The first-order chi connectivity index (χ1) is 9.62. The highest BCUT2D eigenvalue weighted by molar-refractivity contribution is 7.98. The molecule has 0 fully saturated rings. The molecule has 0 atom stereocenters. The van der Waals surface area contributed by atoms with Gasteiger partial charge in [-0.05, 0) is 24.0 Å². The van der Waals surface area contributed by atoms with Gasteiger partial charge in [0.15, 0.2) is 5.16 Å². The van der Waals surface area contributed by atoms with E-state index >= 15 is 0 Å². The van der Waals surface area contributed by atoms with Crippen molar-refractivity contribution in [2.24, 2.45) is 0 Å². The Kier molecular flexibility index (Phi) is 4.79. The van der Waals surface area contributed by atoms with E-state index in [-0.39, 0.29) is 5.82 Å². The highest BCUT2D eigenvalue weighted by Crippen LogP contribution is 2.20. The van der Waals surface area contributed by atoms with Crippen LogP contribution in [-0.4, -0.2) is 30.3 Å². The number of nitrogens with zero attached hydrogens (tertiary/aromatic N) is 3. The maximum atomic E-state index is 12.9. The summed E-state index contributed by atoms with van der Waals surface area (Å²) in [6.07, 6.45) is 1.94. The zero-order chi connectivity index (χ0) is 14.5. The topological polar surface area (TPSA) is 41.0 Å². The summed E-state index contributed by atoms with van der Waals surface area (Å²) in [5.74, 6) is 1.39. The monoisotopic (exact) mass is 292 g/mol. The second kappa shape index (κ2) is 6.56. The van der Waals surface area contributed by atoms with E-state index in [0.29, 0.717) is 6.54 Å². The molecule has 0 saturated carbocycles. The molecule has 1 heterocycles. The number of aromatic nitrogens is 2. The normalized spacial score (nSPS) is 10.4. The van der Waals surface area contributed by atoms with Crippen molar-refractivity contribution in [3.63, 3.8) is 0 Å². The fraction of sp³-hybridized carbons (Fsp3) is 0.286. The Morgan fingerprint density at radius 2 is 1.95 bits per heavy atom. The van der Waals surface area contributed by atoms with Gasteiger partial charge in [-0.15, -0.1) is 0 Å². The Balaban J connectivity index is 2.19. The molecule has 0 aliphatic heterocycles. The summed E-state index contributed by atoms with van der Waals surface area (Å²) in [6.45, 7) is 0.661. The molecular formula is C14H17FN4S. The summed E-state index contributed by atoms with van der Waals surface area (Å²) in [6, 6.07) is 8.39. The largest absolute Gasteiger partial charge is 0.373 e. The van der Waals surface area contributed by atoms with Gasteiger partial charge in [0.25, 0.3) is 0 Å². The van der Waals surface area contributed by atoms with Gasteiger partial charge in [0.05, 0.1) is 0 Å². The molecule has 0 bridgehead atoms. The third kappa shape index (κ3) is 3.60. The number of rotatable bonds is 5. The van der Waals surface area contributed by atoms with Gasteiger partial charge in [-0.3, -0.25) is 0 Å². The van der Waals surface area contributed by atoms with Gasteiger partial charge < -0.3 is 10.2 Å². The molecule has 1 aromatic carbocycles. The maximum Gasteiger partial charge on any atom is 0.191 e. The first-order valence-corrected chi connectivity index (χ1v) is 7.41. The molecular weight excluding hydrogens is 275 g/mol. The predicted molar refractivity (Wildman–Crippen MR) is 81.9 cm³/mol. The third-order valence-corrected chi connectivity index (χ3v) is 3.40. The first-order valence-electron chi connectivity index (χ1n) is 6.19. The highest BCUT2D eigenvalue weighted by atomic mass is 32.2. The fourth-order valence-electron chi connectivity index (χ4n) is 1.77. The number of anilines is 2. The summed E-state index contributed by atoms with van der Waals surface area (Å²) in [4.78, 5) is 10.8. The Morgan fingerprint density at radius 1 is 1.25 bits per heavy atom. The van der Waals surface area contributed by atoms with Crippen molar-refractivity contribution in [3.05, 3.63) is 41.7 Å². The van der Waals surface area contributed by atoms with Gasteiger partial charge in [0.1, 0.15) is 17.5 Å². The Hall–Kier alpha value is -1.82. The van der Waals surface area contributed by atoms with E-state index in [1.165, 1.54) is 23.9 Å². The number of nitrogens with one attached hydrogen (secondary N) is 1. The van der Waals surface area contributed by atoms with Crippen LogP contribution >= 0.6 is 11.8 Å². The van der Waals surface area contributed by atoms with E-state index in [9.17, 15) is 4.39 Å². The van der Waals surface area contributed by atoms with Crippen LogP contribution in [0.15, 0.2) is 35.5 Å². The molecule has 2 aromatic rings. The molecule has 106 valence electrons. The zero-order valence-corrected chi connectivity index (χ0v) is 12.5. The van der Waals surface area contributed by atoms with Crippen LogP contribution in [0.25, 0.3) is 0 Å². The average Bonchev–Trinajstić information content (AvgIpc) is 2.48. The fourth-order valence-corrected chi connectivity index (χ4v) is 2.15. The summed E-state index contributed by atoms with van der Waals surface area (Å²) in [5.41, 5.74) is 1.03. The minimum absolute atomic E-state index is 0.222. The van der Waals surface area contributed by atoms with E-state index in [0.717, 1.165) is 22.4 Å². The van der Waals surface area contributed by atoms with Crippen LogP contribution in [0.1, 0.15) is 5.56 Å². The van der Waals surface area contributed by atoms with Crippen LogP contribution in [0, 0.1) is 5.82 Å². The quantitative estimate of drug-likeness (QED) is 0.677. The Bertz CT molecular complexity index is 552. The van der Waals surface area contributed by atoms with E-state index in [1.54, 1.807) is 12.1 Å². The van der Waals surface area contributed by atoms with Gasteiger partial charge in [-0.1, -0.05) is 23.9 Å². The lowest BCUT2D eigenvalue weighted by Crippen LogP contribution is -2.18. The zero-order valence-electron chi connectivity index (χ0n) is 11.7. The Morgan fingerprint density at radius 3 is 2.55 bits per heavy atom. The van der Waals surface area contributed by atoms with Crippen LogP contribution < -0.4 is 10.2 Å².